The highest BCUT2D eigenvalue weighted by Crippen LogP contribution is 2.22. The molecule has 1 aromatic heterocycles. The van der Waals surface area contributed by atoms with Crippen molar-refractivity contribution >= 4 is 10.9 Å². The maximum Gasteiger partial charge on any atom is 0.261 e. The fourth-order valence-electron chi connectivity index (χ4n) is 3.25. The number of benzene rings is 2. The van der Waals surface area contributed by atoms with E-state index in [1.54, 1.807) is 4.57 Å². The average Bonchev–Trinajstić information content (AvgIpc) is 3.11. The molecule has 0 spiro atoms. The van der Waals surface area contributed by atoms with E-state index in [0.717, 1.165) is 30.5 Å². The zero-order chi connectivity index (χ0) is 16.5. The Hall–Kier alpha value is -2.46. The van der Waals surface area contributed by atoms with Crippen molar-refractivity contribution in [3.8, 4) is 11.4 Å². The molecule has 1 saturated heterocycles. The van der Waals surface area contributed by atoms with Crippen LogP contribution in [0.5, 0.6) is 0 Å². The van der Waals surface area contributed by atoms with Crippen molar-refractivity contribution in [2.45, 2.75) is 32.4 Å². The number of para-hydroxylation sites is 1. The summed E-state index contributed by atoms with van der Waals surface area (Å²) in [6.45, 7) is 3.39. The minimum atomic E-state index is 0.00618. The summed E-state index contributed by atoms with van der Waals surface area (Å²) in [4.78, 5) is 17.8. The summed E-state index contributed by atoms with van der Waals surface area (Å²) in [6, 6.07) is 15.7. The number of hydrogen-bond donors (Lipinski definition) is 0. The summed E-state index contributed by atoms with van der Waals surface area (Å²) in [7, 11) is 0. The SMILES string of the molecule is Cc1ccc(-c2nc3ccccc3c(=O)n2C[C@H]2CCCO2)cc1. The third kappa shape index (κ3) is 2.74. The van der Waals surface area contributed by atoms with Crippen molar-refractivity contribution in [2.24, 2.45) is 0 Å². The van der Waals surface area contributed by atoms with Gasteiger partial charge in [0.05, 0.1) is 23.6 Å². The molecule has 0 radical (unpaired) electrons. The summed E-state index contributed by atoms with van der Waals surface area (Å²) in [6.07, 6.45) is 2.14. The van der Waals surface area contributed by atoms with Crippen LogP contribution in [0.4, 0.5) is 0 Å². The highest BCUT2D eigenvalue weighted by Gasteiger charge is 2.20. The molecule has 0 saturated carbocycles. The normalized spacial score (nSPS) is 17.5. The Bertz CT molecular complexity index is 923. The van der Waals surface area contributed by atoms with Crippen LogP contribution in [0, 0.1) is 6.92 Å². The van der Waals surface area contributed by atoms with E-state index >= 15 is 0 Å². The molecule has 4 rings (SSSR count). The molecule has 2 heterocycles. The molecule has 122 valence electrons. The van der Waals surface area contributed by atoms with Gasteiger partial charge in [0.2, 0.25) is 0 Å². The fourth-order valence-corrected chi connectivity index (χ4v) is 3.25. The van der Waals surface area contributed by atoms with E-state index in [1.165, 1.54) is 5.56 Å². The van der Waals surface area contributed by atoms with Gasteiger partial charge in [-0.05, 0) is 31.9 Å². The minimum Gasteiger partial charge on any atom is -0.376 e. The van der Waals surface area contributed by atoms with Gasteiger partial charge in [-0.25, -0.2) is 4.98 Å². The molecular formula is C20H20N2O2. The summed E-state index contributed by atoms with van der Waals surface area (Å²) >= 11 is 0. The summed E-state index contributed by atoms with van der Waals surface area (Å²) in [5.74, 6) is 0.717. The monoisotopic (exact) mass is 320 g/mol. The van der Waals surface area contributed by atoms with Gasteiger partial charge in [-0.15, -0.1) is 0 Å². The van der Waals surface area contributed by atoms with Crippen LogP contribution in [0.2, 0.25) is 0 Å². The van der Waals surface area contributed by atoms with E-state index in [0.29, 0.717) is 17.8 Å². The van der Waals surface area contributed by atoms with Gasteiger partial charge in [-0.1, -0.05) is 42.0 Å². The Balaban J connectivity index is 1.91. The Labute approximate surface area is 140 Å². The number of fused-ring (bicyclic) bond motifs is 1. The van der Waals surface area contributed by atoms with Crippen LogP contribution in [0.1, 0.15) is 18.4 Å². The lowest BCUT2D eigenvalue weighted by Gasteiger charge is -2.17. The number of rotatable bonds is 3. The van der Waals surface area contributed by atoms with E-state index in [9.17, 15) is 4.79 Å². The summed E-state index contributed by atoms with van der Waals surface area (Å²) in [5, 5.41) is 0.659. The van der Waals surface area contributed by atoms with E-state index in [-0.39, 0.29) is 11.7 Å². The summed E-state index contributed by atoms with van der Waals surface area (Å²) in [5.41, 5.74) is 2.89. The molecule has 0 amide bonds. The van der Waals surface area contributed by atoms with Crippen molar-refractivity contribution in [3.63, 3.8) is 0 Å². The average molecular weight is 320 g/mol. The molecule has 1 aliphatic rings. The zero-order valence-corrected chi connectivity index (χ0v) is 13.7. The Morgan fingerprint density at radius 1 is 1.17 bits per heavy atom. The van der Waals surface area contributed by atoms with Crippen LogP contribution in [0.25, 0.3) is 22.3 Å². The molecule has 0 bridgehead atoms. The number of aryl methyl sites for hydroxylation is 1. The van der Waals surface area contributed by atoms with Gasteiger partial charge in [-0.2, -0.15) is 0 Å². The van der Waals surface area contributed by atoms with Crippen LogP contribution in [0.3, 0.4) is 0 Å². The fraction of sp³-hybridized carbons (Fsp3) is 0.300. The second-order valence-electron chi connectivity index (χ2n) is 6.37. The highest BCUT2D eigenvalue weighted by atomic mass is 16.5. The number of nitrogens with zero attached hydrogens (tertiary/aromatic N) is 2. The van der Waals surface area contributed by atoms with Crippen LogP contribution < -0.4 is 5.56 Å². The third-order valence-electron chi connectivity index (χ3n) is 4.58. The van der Waals surface area contributed by atoms with E-state index < -0.39 is 0 Å². The van der Waals surface area contributed by atoms with E-state index in [2.05, 4.69) is 6.92 Å². The lowest BCUT2D eigenvalue weighted by Crippen LogP contribution is -2.28. The molecule has 2 aromatic carbocycles. The van der Waals surface area contributed by atoms with Gasteiger partial charge >= 0.3 is 0 Å². The molecule has 0 N–H and O–H groups in total. The van der Waals surface area contributed by atoms with Gasteiger partial charge < -0.3 is 4.74 Å². The van der Waals surface area contributed by atoms with Crippen LogP contribution in [0.15, 0.2) is 53.3 Å². The van der Waals surface area contributed by atoms with Crippen LogP contribution in [-0.4, -0.2) is 22.3 Å². The molecule has 24 heavy (non-hydrogen) atoms. The highest BCUT2D eigenvalue weighted by molar-refractivity contribution is 5.79. The van der Waals surface area contributed by atoms with Gasteiger partial charge in [0.15, 0.2) is 0 Å². The minimum absolute atomic E-state index is 0.00618. The Morgan fingerprint density at radius 2 is 1.96 bits per heavy atom. The van der Waals surface area contributed by atoms with Gasteiger partial charge in [-0.3, -0.25) is 9.36 Å². The first-order valence-corrected chi connectivity index (χ1v) is 8.40. The topological polar surface area (TPSA) is 44.1 Å². The first kappa shape index (κ1) is 15.1. The first-order chi connectivity index (χ1) is 11.7. The largest absolute Gasteiger partial charge is 0.376 e. The molecule has 1 fully saturated rings. The maximum atomic E-state index is 13.0. The first-order valence-electron chi connectivity index (χ1n) is 8.40. The quantitative estimate of drug-likeness (QED) is 0.741. The molecule has 1 aliphatic heterocycles. The van der Waals surface area contributed by atoms with Gasteiger partial charge in [0, 0.05) is 12.2 Å². The lowest BCUT2D eigenvalue weighted by molar-refractivity contribution is 0.0965. The maximum absolute atomic E-state index is 13.0. The van der Waals surface area contributed by atoms with Crippen molar-refractivity contribution < 1.29 is 4.74 Å². The third-order valence-corrected chi connectivity index (χ3v) is 4.58. The van der Waals surface area contributed by atoms with E-state index in [4.69, 9.17) is 9.72 Å². The molecule has 0 unspecified atom stereocenters. The summed E-state index contributed by atoms with van der Waals surface area (Å²) < 4.78 is 7.53. The van der Waals surface area contributed by atoms with Crippen molar-refractivity contribution in [3.05, 3.63) is 64.4 Å². The molecule has 1 atom stereocenters. The van der Waals surface area contributed by atoms with Crippen LogP contribution in [-0.2, 0) is 11.3 Å². The van der Waals surface area contributed by atoms with E-state index in [1.807, 2.05) is 48.5 Å². The molecule has 4 heteroatoms. The van der Waals surface area contributed by atoms with Crippen molar-refractivity contribution in [1.82, 2.24) is 9.55 Å². The van der Waals surface area contributed by atoms with Crippen molar-refractivity contribution in [2.75, 3.05) is 6.61 Å². The molecule has 0 aliphatic carbocycles. The van der Waals surface area contributed by atoms with Gasteiger partial charge in [0.25, 0.3) is 5.56 Å². The Kier molecular flexibility index (Phi) is 3.90. The predicted octanol–water partition coefficient (Wildman–Crippen LogP) is 3.55. The number of hydrogen-bond acceptors (Lipinski definition) is 3. The molecule has 4 nitrogen and oxygen atoms in total. The smallest absolute Gasteiger partial charge is 0.261 e. The zero-order valence-electron chi connectivity index (χ0n) is 13.7. The van der Waals surface area contributed by atoms with Gasteiger partial charge in [0.1, 0.15) is 5.82 Å². The lowest BCUT2D eigenvalue weighted by atomic mass is 10.1. The Morgan fingerprint density at radius 3 is 2.71 bits per heavy atom. The molecule has 3 aromatic rings. The second-order valence-corrected chi connectivity index (χ2v) is 6.37. The molecular weight excluding hydrogens is 300 g/mol. The van der Waals surface area contributed by atoms with Crippen LogP contribution >= 0.6 is 0 Å². The predicted molar refractivity (Wildman–Crippen MR) is 95.2 cm³/mol. The standard InChI is InChI=1S/C20H20N2O2/c1-14-8-10-15(11-9-14)19-21-18-7-3-2-6-17(18)20(23)22(19)13-16-5-4-12-24-16/h2-3,6-11,16H,4-5,12-13H2,1H3/t16-/m1/s1. The second kappa shape index (κ2) is 6.21. The number of ether oxygens (including phenoxy) is 1. The van der Waals surface area contributed by atoms with Crippen molar-refractivity contribution in [1.29, 1.82) is 0 Å². The number of aromatic nitrogens is 2.